The van der Waals surface area contributed by atoms with Crippen LogP contribution in [0.1, 0.15) is 32.1 Å². The van der Waals surface area contributed by atoms with Crippen LogP contribution in [0, 0.1) is 0 Å². The van der Waals surface area contributed by atoms with E-state index >= 15 is 0 Å². The Morgan fingerprint density at radius 3 is 1.75 bits per heavy atom. The first-order chi connectivity index (χ1) is 5.13. The van der Waals surface area contributed by atoms with Gasteiger partial charge in [-0.1, -0.05) is 6.42 Å². The summed E-state index contributed by atoms with van der Waals surface area (Å²) < 4.78 is 24.1. The molecule has 0 saturated heterocycles. The van der Waals surface area contributed by atoms with Crippen LogP contribution in [0.4, 0.5) is 0 Å². The normalized spacial score (nSPS) is 18.3. The Kier molecular flexibility index (Phi) is 12.5. The van der Waals surface area contributed by atoms with Gasteiger partial charge in [0.25, 0.3) is 0 Å². The number of hydrogen-bond donors (Lipinski definition) is 1. The van der Waals surface area contributed by atoms with Crippen LogP contribution in [0.3, 0.4) is 0 Å². The maximum atomic E-state index is 10.5. The van der Waals surface area contributed by atoms with Crippen molar-refractivity contribution in [1.29, 1.82) is 0 Å². The van der Waals surface area contributed by atoms with Crippen molar-refractivity contribution in [1.82, 2.24) is 0 Å². The van der Waals surface area contributed by atoms with Gasteiger partial charge >= 0.3 is 29.6 Å². The molecule has 1 atom stereocenters. The maximum absolute atomic E-state index is 10.5. The molecule has 1 fully saturated rings. The fourth-order valence-corrected chi connectivity index (χ4v) is 0.946. The van der Waals surface area contributed by atoms with E-state index in [1.165, 1.54) is 6.42 Å². The topological polar surface area (TPSA) is 77.4 Å². The first-order valence-corrected chi connectivity index (χ1v) is 4.46. The minimum Gasteiger partial charge on any atom is -0.750 e. The second kappa shape index (κ2) is 9.83. The van der Waals surface area contributed by atoms with Crippen molar-refractivity contribution in [2.24, 2.45) is 0 Å². The Hall–Kier alpha value is 0.740. The summed E-state index contributed by atoms with van der Waals surface area (Å²) in [7, 11) is 0. The molecular weight excluding hydrogens is 191 g/mol. The average Bonchev–Trinajstić information content (AvgIpc) is 1.87. The molecule has 0 aromatic heterocycles. The fourth-order valence-electron chi connectivity index (χ4n) is 0.946. The molecule has 0 aromatic rings. The van der Waals surface area contributed by atoms with Gasteiger partial charge in [-0.3, -0.25) is 4.79 Å². The Morgan fingerprint density at radius 1 is 1.25 bits per heavy atom. The van der Waals surface area contributed by atoms with E-state index in [1.807, 2.05) is 0 Å². The summed E-state index contributed by atoms with van der Waals surface area (Å²) in [6, 6.07) is 0. The van der Waals surface area contributed by atoms with E-state index in [0.717, 1.165) is 25.7 Å². The molecule has 0 spiro atoms. The Labute approximate surface area is 96.5 Å². The molecule has 1 aliphatic rings. The summed E-state index contributed by atoms with van der Waals surface area (Å²) in [6.45, 7) is 0. The van der Waals surface area contributed by atoms with Gasteiger partial charge in [0.05, 0.1) is 11.4 Å². The molecule has 66 valence electrons. The van der Waals surface area contributed by atoms with Gasteiger partial charge in [0.2, 0.25) is 0 Å². The van der Waals surface area contributed by atoms with Crippen LogP contribution in [-0.4, -0.2) is 19.1 Å². The first kappa shape index (κ1) is 15.2. The van der Waals surface area contributed by atoms with Crippen LogP contribution in [0.15, 0.2) is 0 Å². The maximum Gasteiger partial charge on any atom is 1.00 e. The van der Waals surface area contributed by atoms with Gasteiger partial charge in [0, 0.05) is 12.8 Å². The van der Waals surface area contributed by atoms with Crippen LogP contribution < -0.4 is 29.6 Å². The minimum atomic E-state index is -2.86. The molecule has 0 amide bonds. The van der Waals surface area contributed by atoms with Gasteiger partial charge in [-0.05, 0) is 12.8 Å². The van der Waals surface area contributed by atoms with E-state index in [1.54, 1.807) is 0 Å². The molecule has 1 rings (SSSR count). The molecular formula is C6H11NaO4S. The molecule has 0 heterocycles. The zero-order chi connectivity index (χ0) is 8.69. The summed E-state index contributed by atoms with van der Waals surface area (Å²) >= 11 is -2.86. The predicted octanol–water partition coefficient (Wildman–Crippen LogP) is -2.14. The van der Waals surface area contributed by atoms with Gasteiger partial charge < -0.3 is 9.11 Å². The summed E-state index contributed by atoms with van der Waals surface area (Å²) in [5, 5.41) is 0. The Morgan fingerprint density at radius 2 is 1.58 bits per heavy atom. The molecule has 1 N–H and O–H groups in total. The van der Waals surface area contributed by atoms with Crippen LogP contribution in [0.5, 0.6) is 0 Å². The minimum absolute atomic E-state index is 0. The van der Waals surface area contributed by atoms with E-state index in [2.05, 4.69) is 0 Å². The molecule has 12 heavy (non-hydrogen) atoms. The third-order valence-corrected chi connectivity index (χ3v) is 1.41. The van der Waals surface area contributed by atoms with E-state index in [4.69, 9.17) is 13.3 Å². The largest absolute Gasteiger partial charge is 1.00 e. The van der Waals surface area contributed by atoms with Crippen molar-refractivity contribution >= 4 is 17.1 Å². The molecule has 0 radical (unpaired) electrons. The summed E-state index contributed by atoms with van der Waals surface area (Å²) in [4.78, 5) is 10.5. The SMILES string of the molecule is O=C1CCCCC1.O=S([O-])O.[Na+]. The van der Waals surface area contributed by atoms with Crippen LogP contribution >= 0.6 is 0 Å². The number of rotatable bonds is 0. The van der Waals surface area contributed by atoms with Crippen molar-refractivity contribution in [3.8, 4) is 0 Å². The summed E-state index contributed by atoms with van der Waals surface area (Å²) in [6.07, 6.45) is 5.24. The quantitative estimate of drug-likeness (QED) is 0.359. The molecule has 1 saturated carbocycles. The van der Waals surface area contributed by atoms with Gasteiger partial charge in [0.1, 0.15) is 5.78 Å². The van der Waals surface area contributed by atoms with Crippen molar-refractivity contribution in [2.45, 2.75) is 32.1 Å². The summed E-state index contributed by atoms with van der Waals surface area (Å²) in [5.41, 5.74) is 0. The molecule has 0 aliphatic heterocycles. The van der Waals surface area contributed by atoms with Gasteiger partial charge in [0.15, 0.2) is 0 Å². The van der Waals surface area contributed by atoms with Gasteiger partial charge in [-0.15, -0.1) is 0 Å². The number of Topliss-reactive ketones (excluding diaryl/α,β-unsaturated/α-hetero) is 1. The van der Waals surface area contributed by atoms with Crippen molar-refractivity contribution in [3.05, 3.63) is 0 Å². The molecule has 0 aromatic carbocycles. The third-order valence-electron chi connectivity index (χ3n) is 1.41. The number of carbonyl (C=O) groups excluding carboxylic acids is 1. The molecule has 4 nitrogen and oxygen atoms in total. The zero-order valence-electron chi connectivity index (χ0n) is 7.12. The van der Waals surface area contributed by atoms with Crippen molar-refractivity contribution in [3.63, 3.8) is 0 Å². The molecule has 6 heteroatoms. The third kappa shape index (κ3) is 13.3. The number of ketones is 1. The smallest absolute Gasteiger partial charge is 0.750 e. The Bertz CT molecular complexity index is 138. The molecule has 0 bridgehead atoms. The monoisotopic (exact) mass is 202 g/mol. The summed E-state index contributed by atoms with van der Waals surface area (Å²) in [5.74, 6) is 0.464. The molecule has 1 aliphatic carbocycles. The van der Waals surface area contributed by atoms with Gasteiger partial charge in [-0.2, -0.15) is 0 Å². The Balaban J connectivity index is 0. The van der Waals surface area contributed by atoms with Crippen molar-refractivity contribution < 1.29 is 47.7 Å². The second-order valence-electron chi connectivity index (χ2n) is 2.32. The van der Waals surface area contributed by atoms with Gasteiger partial charge in [-0.25, -0.2) is 4.21 Å². The van der Waals surface area contributed by atoms with Crippen LogP contribution in [0.25, 0.3) is 0 Å². The first-order valence-electron chi connectivity index (χ1n) is 3.43. The second-order valence-corrected chi connectivity index (χ2v) is 2.75. The van der Waals surface area contributed by atoms with E-state index in [-0.39, 0.29) is 29.6 Å². The van der Waals surface area contributed by atoms with E-state index in [9.17, 15) is 4.79 Å². The average molecular weight is 202 g/mol. The van der Waals surface area contributed by atoms with Crippen LogP contribution in [-0.2, 0) is 16.2 Å². The number of hydrogen-bond acceptors (Lipinski definition) is 3. The van der Waals surface area contributed by atoms with Crippen LogP contribution in [0.2, 0.25) is 0 Å². The van der Waals surface area contributed by atoms with Crippen molar-refractivity contribution in [2.75, 3.05) is 0 Å². The molecule has 1 unspecified atom stereocenters. The fraction of sp³-hybridized carbons (Fsp3) is 0.833. The zero-order valence-corrected chi connectivity index (χ0v) is 9.93. The van der Waals surface area contributed by atoms with E-state index < -0.39 is 11.4 Å². The van der Waals surface area contributed by atoms with E-state index in [0.29, 0.717) is 5.78 Å². The number of carbonyl (C=O) groups is 1. The predicted molar refractivity (Wildman–Crippen MR) is 39.6 cm³/mol. The standard InChI is InChI=1S/C6H10O.Na.H2O3S/c7-6-4-2-1-3-5-6;;1-4(2)3/h1-5H2;;(H2,1,2,3)/q;+1;/p-1.